The molecule has 0 N–H and O–H groups in total. The van der Waals surface area contributed by atoms with Crippen LogP contribution in [0.3, 0.4) is 0 Å². The van der Waals surface area contributed by atoms with Gasteiger partial charge >= 0.3 is 0 Å². The summed E-state index contributed by atoms with van der Waals surface area (Å²) in [6.07, 6.45) is -2.64. The number of halogens is 3. The third-order valence-electron chi connectivity index (χ3n) is 3.46. The monoisotopic (exact) mass is 357 g/mol. The maximum absolute atomic E-state index is 12.8. The lowest BCUT2D eigenvalue weighted by Gasteiger charge is -2.15. The Hall–Kier alpha value is -1.92. The van der Waals surface area contributed by atoms with Crippen LogP contribution in [0.2, 0.25) is 5.02 Å². The van der Waals surface area contributed by atoms with Crippen LogP contribution in [0.4, 0.5) is 8.78 Å². The van der Waals surface area contributed by atoms with Gasteiger partial charge in [-0.3, -0.25) is 4.79 Å². The average molecular weight is 358 g/mol. The molecule has 2 rings (SSSR count). The number of ether oxygens (including phenoxy) is 2. The van der Waals surface area contributed by atoms with Crippen molar-refractivity contribution in [2.75, 3.05) is 20.3 Å². The summed E-state index contributed by atoms with van der Waals surface area (Å²) >= 11 is 6.26. The van der Waals surface area contributed by atoms with Crippen LogP contribution in [-0.2, 0) is 11.3 Å². The molecule has 0 fully saturated rings. The molecule has 2 aromatic rings. The first-order chi connectivity index (χ1) is 11.4. The topological polar surface area (TPSA) is 40.5 Å². The van der Waals surface area contributed by atoms with E-state index in [4.69, 9.17) is 21.1 Å². The van der Waals surface area contributed by atoms with E-state index >= 15 is 0 Å². The van der Waals surface area contributed by atoms with Gasteiger partial charge in [-0.05, 0) is 31.2 Å². The van der Waals surface area contributed by atoms with Gasteiger partial charge in [-0.2, -0.15) is 0 Å². The first-order valence-electron chi connectivity index (χ1n) is 7.34. The van der Waals surface area contributed by atoms with Crippen LogP contribution < -0.4 is 10.3 Å². The molecule has 0 unspecified atom stereocenters. The van der Waals surface area contributed by atoms with E-state index in [2.05, 4.69) is 0 Å². The van der Waals surface area contributed by atoms with Crippen molar-refractivity contribution in [2.24, 2.45) is 0 Å². The van der Waals surface area contributed by atoms with Gasteiger partial charge in [0.15, 0.2) is 0 Å². The second kappa shape index (κ2) is 8.26. The van der Waals surface area contributed by atoms with Crippen LogP contribution in [0.1, 0.15) is 5.56 Å². The number of methoxy groups -OCH3 is 1. The molecule has 0 saturated carbocycles. The number of nitrogens with zero attached hydrogens (tertiary/aromatic N) is 1. The smallest absolute Gasteiger partial charge is 0.256 e. The van der Waals surface area contributed by atoms with Crippen LogP contribution >= 0.6 is 11.6 Å². The molecule has 7 heteroatoms. The van der Waals surface area contributed by atoms with Gasteiger partial charge in [-0.1, -0.05) is 17.7 Å². The van der Waals surface area contributed by atoms with Gasteiger partial charge in [0.1, 0.15) is 12.4 Å². The molecule has 0 aliphatic carbocycles. The zero-order valence-electron chi connectivity index (χ0n) is 13.4. The molecule has 1 aromatic carbocycles. The van der Waals surface area contributed by atoms with Gasteiger partial charge in [0.05, 0.1) is 23.9 Å². The highest BCUT2D eigenvalue weighted by Gasteiger charge is 2.15. The highest BCUT2D eigenvalue weighted by atomic mass is 35.5. The van der Waals surface area contributed by atoms with Crippen molar-refractivity contribution >= 4 is 11.6 Å². The molecule has 0 atom stereocenters. The maximum atomic E-state index is 12.8. The van der Waals surface area contributed by atoms with Crippen molar-refractivity contribution in [3.63, 3.8) is 0 Å². The SMILES string of the molecule is COCCOc1ccc(-c2ccc(C)c(=O)n2CC(F)F)c(Cl)c1. The van der Waals surface area contributed by atoms with Crippen molar-refractivity contribution in [3.8, 4) is 17.0 Å². The quantitative estimate of drug-likeness (QED) is 0.708. The van der Waals surface area contributed by atoms with E-state index in [0.717, 1.165) is 4.57 Å². The van der Waals surface area contributed by atoms with Crippen LogP contribution in [0, 0.1) is 6.92 Å². The molecule has 0 saturated heterocycles. The van der Waals surface area contributed by atoms with E-state index in [1.165, 1.54) is 0 Å². The summed E-state index contributed by atoms with van der Waals surface area (Å²) in [4.78, 5) is 12.2. The summed E-state index contributed by atoms with van der Waals surface area (Å²) in [5.41, 5.74) is 0.784. The number of benzene rings is 1. The summed E-state index contributed by atoms with van der Waals surface area (Å²) in [6.45, 7) is 1.71. The predicted molar refractivity (Wildman–Crippen MR) is 89.3 cm³/mol. The molecule has 0 amide bonds. The highest BCUT2D eigenvalue weighted by molar-refractivity contribution is 6.33. The van der Waals surface area contributed by atoms with Crippen molar-refractivity contribution in [3.05, 3.63) is 51.3 Å². The van der Waals surface area contributed by atoms with E-state index in [-0.39, 0.29) is 0 Å². The summed E-state index contributed by atoms with van der Waals surface area (Å²) < 4.78 is 37.1. The normalized spacial score (nSPS) is 11.1. The van der Waals surface area contributed by atoms with Gasteiger partial charge in [0, 0.05) is 18.2 Å². The van der Waals surface area contributed by atoms with Crippen LogP contribution in [0.25, 0.3) is 11.3 Å². The lowest BCUT2D eigenvalue weighted by molar-refractivity contribution is 0.126. The van der Waals surface area contributed by atoms with Crippen LogP contribution in [0.15, 0.2) is 35.1 Å². The molecule has 0 aliphatic rings. The third-order valence-corrected chi connectivity index (χ3v) is 3.77. The minimum absolute atomic E-state index is 0.316. The Kier molecular flexibility index (Phi) is 6.34. The lowest BCUT2D eigenvalue weighted by atomic mass is 10.1. The molecule has 1 aromatic heterocycles. The van der Waals surface area contributed by atoms with E-state index in [9.17, 15) is 13.6 Å². The fourth-order valence-corrected chi connectivity index (χ4v) is 2.55. The first-order valence-corrected chi connectivity index (χ1v) is 7.72. The van der Waals surface area contributed by atoms with Gasteiger partial charge in [0.25, 0.3) is 12.0 Å². The van der Waals surface area contributed by atoms with Gasteiger partial charge in [-0.25, -0.2) is 8.78 Å². The van der Waals surface area contributed by atoms with Gasteiger partial charge in [0.2, 0.25) is 0 Å². The Morgan fingerprint density at radius 3 is 2.58 bits per heavy atom. The molecule has 0 radical (unpaired) electrons. The largest absolute Gasteiger partial charge is 0.491 e. The second-order valence-corrected chi connectivity index (χ2v) is 5.60. The first kappa shape index (κ1) is 18.4. The molecular formula is C17H18ClF2NO3. The molecule has 0 spiro atoms. The molecule has 1 heterocycles. The van der Waals surface area contributed by atoms with Gasteiger partial charge in [-0.15, -0.1) is 0 Å². The Morgan fingerprint density at radius 2 is 1.96 bits per heavy atom. The van der Waals surface area contributed by atoms with E-state index in [1.54, 1.807) is 44.4 Å². The summed E-state index contributed by atoms with van der Waals surface area (Å²) in [6, 6.07) is 8.12. The fraction of sp³-hybridized carbons (Fsp3) is 0.353. The Bertz CT molecular complexity index is 762. The number of rotatable bonds is 7. The number of pyridine rings is 1. The minimum atomic E-state index is -2.64. The minimum Gasteiger partial charge on any atom is -0.491 e. The van der Waals surface area contributed by atoms with E-state index in [0.29, 0.717) is 40.8 Å². The van der Waals surface area contributed by atoms with Crippen molar-refractivity contribution in [1.82, 2.24) is 4.57 Å². The number of hydrogen-bond donors (Lipinski definition) is 0. The third kappa shape index (κ3) is 4.33. The number of alkyl halides is 2. The van der Waals surface area contributed by atoms with E-state index < -0.39 is 18.5 Å². The zero-order chi connectivity index (χ0) is 17.7. The van der Waals surface area contributed by atoms with E-state index in [1.807, 2.05) is 0 Å². The lowest BCUT2D eigenvalue weighted by Crippen LogP contribution is -2.26. The summed E-state index contributed by atoms with van der Waals surface area (Å²) in [5, 5.41) is 0.316. The molecule has 130 valence electrons. The summed E-state index contributed by atoms with van der Waals surface area (Å²) in [5.74, 6) is 0.538. The Balaban J connectivity index is 2.41. The van der Waals surface area contributed by atoms with Crippen molar-refractivity contribution < 1.29 is 18.3 Å². The Labute approximate surface area is 143 Å². The standard InChI is InChI=1S/C17H18ClF2NO3/c1-11-3-6-15(21(17(11)22)10-16(19)20)13-5-4-12(9-14(13)18)24-8-7-23-2/h3-6,9,16H,7-8,10H2,1-2H3. The fourth-order valence-electron chi connectivity index (χ4n) is 2.28. The second-order valence-electron chi connectivity index (χ2n) is 5.19. The van der Waals surface area contributed by atoms with Crippen LogP contribution in [0.5, 0.6) is 5.75 Å². The molecule has 0 aliphatic heterocycles. The highest BCUT2D eigenvalue weighted by Crippen LogP contribution is 2.31. The number of aryl methyl sites for hydroxylation is 1. The van der Waals surface area contributed by atoms with Gasteiger partial charge < -0.3 is 14.0 Å². The number of hydrogen-bond acceptors (Lipinski definition) is 3. The zero-order valence-corrected chi connectivity index (χ0v) is 14.1. The molecule has 0 bridgehead atoms. The van der Waals surface area contributed by atoms with Crippen molar-refractivity contribution in [1.29, 1.82) is 0 Å². The molecule has 24 heavy (non-hydrogen) atoms. The maximum Gasteiger partial charge on any atom is 0.256 e. The predicted octanol–water partition coefficient (Wildman–Crippen LogP) is 3.77. The molecule has 4 nitrogen and oxygen atoms in total. The summed E-state index contributed by atoms with van der Waals surface area (Å²) in [7, 11) is 1.57. The average Bonchev–Trinajstić information content (AvgIpc) is 2.53. The Morgan fingerprint density at radius 1 is 1.21 bits per heavy atom. The number of aromatic nitrogens is 1. The molecular weight excluding hydrogens is 340 g/mol. The van der Waals surface area contributed by atoms with Crippen LogP contribution in [-0.4, -0.2) is 31.3 Å². The van der Waals surface area contributed by atoms with Crippen molar-refractivity contribution in [2.45, 2.75) is 19.9 Å².